The Balaban J connectivity index is 1.68. The molecule has 124 valence electrons. The zero-order valence-electron chi connectivity index (χ0n) is 13.6. The fourth-order valence-corrected chi connectivity index (χ4v) is 2.67. The van der Waals surface area contributed by atoms with Crippen molar-refractivity contribution in [3.63, 3.8) is 0 Å². The fraction of sp³-hybridized carbons (Fsp3) is 0.278. The van der Waals surface area contributed by atoms with E-state index < -0.39 is 0 Å². The van der Waals surface area contributed by atoms with Gasteiger partial charge >= 0.3 is 0 Å². The van der Waals surface area contributed by atoms with Crippen molar-refractivity contribution in [2.75, 3.05) is 20.3 Å². The molecule has 3 aromatic rings. The standard InChI is InChI=1S/C18H20N4O2/c1-24-12-11-22-13-15(16-3-2-7-20-17(16)22)6-10-21-18(23)14-4-8-19-9-5-14/h2-5,7-9,13H,6,10-12H2,1H3,(H,21,23). The topological polar surface area (TPSA) is 69.0 Å². The molecule has 0 aliphatic heterocycles. The van der Waals surface area contributed by atoms with Crippen LogP contribution >= 0.6 is 0 Å². The van der Waals surface area contributed by atoms with Gasteiger partial charge in [-0.25, -0.2) is 4.98 Å². The van der Waals surface area contributed by atoms with Crippen molar-refractivity contribution in [2.45, 2.75) is 13.0 Å². The quantitative estimate of drug-likeness (QED) is 0.722. The molecule has 1 amide bonds. The molecule has 0 saturated carbocycles. The third-order valence-electron chi connectivity index (χ3n) is 3.88. The lowest BCUT2D eigenvalue weighted by molar-refractivity contribution is 0.0954. The van der Waals surface area contributed by atoms with Crippen LogP contribution in [0.25, 0.3) is 11.0 Å². The maximum atomic E-state index is 12.1. The SMILES string of the molecule is COCCn1cc(CCNC(=O)c2ccncc2)c2cccnc21. The second kappa shape index (κ2) is 7.70. The normalized spacial score (nSPS) is 10.9. The predicted octanol–water partition coefficient (Wildman–Crippen LogP) is 2.05. The molecule has 0 aliphatic rings. The molecule has 0 unspecified atom stereocenters. The van der Waals surface area contributed by atoms with E-state index in [4.69, 9.17) is 4.74 Å². The highest BCUT2D eigenvalue weighted by molar-refractivity contribution is 5.94. The predicted molar refractivity (Wildman–Crippen MR) is 91.9 cm³/mol. The van der Waals surface area contributed by atoms with Crippen molar-refractivity contribution in [3.8, 4) is 0 Å². The van der Waals surface area contributed by atoms with Crippen molar-refractivity contribution in [3.05, 3.63) is 60.2 Å². The average Bonchev–Trinajstić information content (AvgIpc) is 2.99. The van der Waals surface area contributed by atoms with E-state index in [0.717, 1.165) is 24.0 Å². The van der Waals surface area contributed by atoms with Gasteiger partial charge in [0.25, 0.3) is 5.91 Å². The van der Waals surface area contributed by atoms with Gasteiger partial charge in [0.1, 0.15) is 5.65 Å². The van der Waals surface area contributed by atoms with Crippen molar-refractivity contribution < 1.29 is 9.53 Å². The molecule has 0 saturated heterocycles. The first-order valence-electron chi connectivity index (χ1n) is 7.89. The number of pyridine rings is 2. The van der Waals surface area contributed by atoms with Crippen LogP contribution in [0.15, 0.2) is 49.1 Å². The van der Waals surface area contributed by atoms with Crippen LogP contribution in [-0.4, -0.2) is 40.7 Å². The van der Waals surface area contributed by atoms with Gasteiger partial charge in [-0.1, -0.05) is 0 Å². The van der Waals surface area contributed by atoms with Crippen LogP contribution in [0.3, 0.4) is 0 Å². The Kier molecular flexibility index (Phi) is 5.18. The van der Waals surface area contributed by atoms with E-state index in [1.54, 1.807) is 37.8 Å². The van der Waals surface area contributed by atoms with Crippen LogP contribution in [0.1, 0.15) is 15.9 Å². The van der Waals surface area contributed by atoms with Gasteiger partial charge in [0, 0.05) is 55.9 Å². The summed E-state index contributed by atoms with van der Waals surface area (Å²) in [5.74, 6) is -0.0846. The molecule has 0 fully saturated rings. The molecule has 0 radical (unpaired) electrons. The van der Waals surface area contributed by atoms with E-state index in [1.165, 1.54) is 5.56 Å². The number of aromatic nitrogens is 3. The number of methoxy groups -OCH3 is 1. The highest BCUT2D eigenvalue weighted by Gasteiger charge is 2.10. The van der Waals surface area contributed by atoms with Gasteiger partial charge in [-0.3, -0.25) is 9.78 Å². The summed E-state index contributed by atoms with van der Waals surface area (Å²) < 4.78 is 7.25. The minimum absolute atomic E-state index is 0.0846. The van der Waals surface area contributed by atoms with Crippen LogP contribution in [0, 0.1) is 0 Å². The molecule has 0 aliphatic carbocycles. The van der Waals surface area contributed by atoms with E-state index in [0.29, 0.717) is 18.7 Å². The Hall–Kier alpha value is -2.73. The van der Waals surface area contributed by atoms with Crippen LogP contribution < -0.4 is 5.32 Å². The molecular weight excluding hydrogens is 304 g/mol. The van der Waals surface area contributed by atoms with Crippen molar-refractivity contribution >= 4 is 16.9 Å². The van der Waals surface area contributed by atoms with E-state index in [9.17, 15) is 4.79 Å². The van der Waals surface area contributed by atoms with Gasteiger partial charge in [0.2, 0.25) is 0 Å². The molecule has 24 heavy (non-hydrogen) atoms. The molecule has 1 N–H and O–H groups in total. The number of hydrogen-bond acceptors (Lipinski definition) is 4. The van der Waals surface area contributed by atoms with E-state index >= 15 is 0 Å². The summed E-state index contributed by atoms with van der Waals surface area (Å²) in [5.41, 5.74) is 2.74. The van der Waals surface area contributed by atoms with E-state index in [2.05, 4.69) is 32.1 Å². The summed E-state index contributed by atoms with van der Waals surface area (Å²) in [4.78, 5) is 20.4. The van der Waals surface area contributed by atoms with Crippen molar-refractivity contribution in [1.82, 2.24) is 19.9 Å². The second-order valence-corrected chi connectivity index (χ2v) is 5.46. The van der Waals surface area contributed by atoms with Crippen LogP contribution in [0.4, 0.5) is 0 Å². The number of fused-ring (bicyclic) bond motifs is 1. The minimum Gasteiger partial charge on any atom is -0.383 e. The molecule has 0 atom stereocenters. The Morgan fingerprint density at radius 2 is 2.08 bits per heavy atom. The first kappa shape index (κ1) is 16.1. The largest absolute Gasteiger partial charge is 0.383 e. The minimum atomic E-state index is -0.0846. The molecule has 3 heterocycles. The molecule has 0 spiro atoms. The molecular formula is C18H20N4O2. The van der Waals surface area contributed by atoms with Gasteiger partial charge in [-0.2, -0.15) is 0 Å². The molecule has 3 rings (SSSR count). The smallest absolute Gasteiger partial charge is 0.251 e. The van der Waals surface area contributed by atoms with Gasteiger partial charge in [-0.05, 0) is 36.2 Å². The van der Waals surface area contributed by atoms with Gasteiger partial charge in [0.15, 0.2) is 0 Å². The number of carbonyl (C=O) groups excluding carboxylic acids is 1. The highest BCUT2D eigenvalue weighted by Crippen LogP contribution is 2.19. The van der Waals surface area contributed by atoms with Crippen molar-refractivity contribution in [2.24, 2.45) is 0 Å². The Morgan fingerprint density at radius 3 is 2.88 bits per heavy atom. The maximum absolute atomic E-state index is 12.1. The molecule has 6 nitrogen and oxygen atoms in total. The van der Waals surface area contributed by atoms with Crippen LogP contribution in [0.2, 0.25) is 0 Å². The first-order valence-corrected chi connectivity index (χ1v) is 7.89. The first-order chi connectivity index (χ1) is 11.8. The summed E-state index contributed by atoms with van der Waals surface area (Å²) in [6.45, 7) is 1.96. The number of amides is 1. The number of nitrogens with one attached hydrogen (secondary N) is 1. The second-order valence-electron chi connectivity index (χ2n) is 5.46. The summed E-state index contributed by atoms with van der Waals surface area (Å²) in [5, 5.41) is 4.06. The molecule has 3 aromatic heterocycles. The van der Waals surface area contributed by atoms with Gasteiger partial charge in [0.05, 0.1) is 6.61 Å². The lowest BCUT2D eigenvalue weighted by atomic mass is 10.1. The number of carbonyl (C=O) groups is 1. The summed E-state index contributed by atoms with van der Waals surface area (Å²) in [6.07, 6.45) is 7.86. The van der Waals surface area contributed by atoms with E-state index in [-0.39, 0.29) is 5.91 Å². The number of nitrogens with zero attached hydrogens (tertiary/aromatic N) is 3. The van der Waals surface area contributed by atoms with Crippen LogP contribution in [-0.2, 0) is 17.7 Å². The van der Waals surface area contributed by atoms with E-state index in [1.807, 2.05) is 6.07 Å². The number of ether oxygens (including phenoxy) is 1. The van der Waals surface area contributed by atoms with Crippen molar-refractivity contribution in [1.29, 1.82) is 0 Å². The Labute approximate surface area is 140 Å². The Bertz CT molecular complexity index is 814. The lowest BCUT2D eigenvalue weighted by Gasteiger charge is -2.04. The van der Waals surface area contributed by atoms with Gasteiger partial charge in [-0.15, -0.1) is 0 Å². The third kappa shape index (κ3) is 3.60. The summed E-state index contributed by atoms with van der Waals surface area (Å²) >= 11 is 0. The molecule has 0 aromatic carbocycles. The maximum Gasteiger partial charge on any atom is 0.251 e. The third-order valence-corrected chi connectivity index (χ3v) is 3.88. The highest BCUT2D eigenvalue weighted by atomic mass is 16.5. The average molecular weight is 324 g/mol. The molecule has 0 bridgehead atoms. The Morgan fingerprint density at radius 1 is 1.25 bits per heavy atom. The van der Waals surface area contributed by atoms with Gasteiger partial charge < -0.3 is 14.6 Å². The molecule has 6 heteroatoms. The summed E-state index contributed by atoms with van der Waals surface area (Å²) in [7, 11) is 1.69. The fourth-order valence-electron chi connectivity index (χ4n) is 2.67. The zero-order chi connectivity index (χ0) is 16.8. The number of hydrogen-bond donors (Lipinski definition) is 1. The zero-order valence-corrected chi connectivity index (χ0v) is 13.6. The number of rotatable bonds is 7. The van der Waals surface area contributed by atoms with Crippen LogP contribution in [0.5, 0.6) is 0 Å². The monoisotopic (exact) mass is 324 g/mol. The lowest BCUT2D eigenvalue weighted by Crippen LogP contribution is -2.25. The summed E-state index contributed by atoms with van der Waals surface area (Å²) in [6, 6.07) is 7.40.